The molecule has 2 saturated heterocycles. The van der Waals surface area contributed by atoms with Crippen molar-refractivity contribution in [3.63, 3.8) is 0 Å². The van der Waals surface area contributed by atoms with Gasteiger partial charge in [0, 0.05) is 13.6 Å². The summed E-state index contributed by atoms with van der Waals surface area (Å²) < 4.78 is 0. The Labute approximate surface area is 91.4 Å². The molecule has 4 heteroatoms. The lowest BCUT2D eigenvalue weighted by Crippen LogP contribution is -2.42. The van der Waals surface area contributed by atoms with Crippen LogP contribution in [0, 0.1) is 5.92 Å². The Hall–Kier alpha value is -0.610. The minimum Gasteiger partial charge on any atom is -0.344 e. The number of carbonyl (C=O) groups excluding carboxylic acids is 1. The summed E-state index contributed by atoms with van der Waals surface area (Å²) in [5.74, 6) is 0.969. The van der Waals surface area contributed by atoms with Crippen LogP contribution in [-0.4, -0.2) is 50.1 Å². The Morgan fingerprint density at radius 2 is 2.40 bits per heavy atom. The summed E-state index contributed by atoms with van der Waals surface area (Å²) in [5, 5.41) is 6.80. The van der Waals surface area contributed by atoms with E-state index in [1.807, 2.05) is 11.9 Å². The molecule has 2 aliphatic rings. The molecule has 15 heavy (non-hydrogen) atoms. The van der Waals surface area contributed by atoms with Gasteiger partial charge in [0.1, 0.15) is 0 Å². The molecule has 2 heterocycles. The summed E-state index contributed by atoms with van der Waals surface area (Å²) in [6, 6.07) is 0.0805. The molecule has 2 atom stereocenters. The van der Waals surface area contributed by atoms with E-state index in [-0.39, 0.29) is 11.9 Å². The van der Waals surface area contributed by atoms with E-state index in [9.17, 15) is 4.79 Å². The van der Waals surface area contributed by atoms with Gasteiger partial charge in [-0.3, -0.25) is 4.79 Å². The predicted molar refractivity (Wildman–Crippen MR) is 59.6 cm³/mol. The topological polar surface area (TPSA) is 44.4 Å². The standard InChI is InChI=1S/C11H21N3O/c1-14-6-4-10(11(14)15)13-8-9-3-2-5-12-7-9/h9-10,12-13H,2-8H2,1H3. The first-order chi connectivity index (χ1) is 7.27. The first-order valence-corrected chi connectivity index (χ1v) is 5.96. The summed E-state index contributed by atoms with van der Waals surface area (Å²) in [6.45, 7) is 4.14. The number of carbonyl (C=O) groups is 1. The molecule has 0 aliphatic carbocycles. The van der Waals surface area contributed by atoms with Crippen LogP contribution < -0.4 is 10.6 Å². The molecule has 4 nitrogen and oxygen atoms in total. The van der Waals surface area contributed by atoms with Crippen molar-refractivity contribution in [1.29, 1.82) is 0 Å². The zero-order valence-corrected chi connectivity index (χ0v) is 9.46. The fraction of sp³-hybridized carbons (Fsp3) is 0.909. The lowest BCUT2D eigenvalue weighted by molar-refractivity contribution is -0.128. The number of amides is 1. The summed E-state index contributed by atoms with van der Waals surface area (Å²) in [7, 11) is 1.88. The van der Waals surface area contributed by atoms with E-state index in [0.717, 1.165) is 32.6 Å². The van der Waals surface area contributed by atoms with E-state index in [0.29, 0.717) is 5.92 Å². The highest BCUT2D eigenvalue weighted by Gasteiger charge is 2.29. The van der Waals surface area contributed by atoms with E-state index in [4.69, 9.17) is 0 Å². The van der Waals surface area contributed by atoms with E-state index in [2.05, 4.69) is 10.6 Å². The van der Waals surface area contributed by atoms with Crippen molar-refractivity contribution in [1.82, 2.24) is 15.5 Å². The van der Waals surface area contributed by atoms with Crippen LogP contribution in [0.25, 0.3) is 0 Å². The van der Waals surface area contributed by atoms with E-state index >= 15 is 0 Å². The zero-order chi connectivity index (χ0) is 10.7. The molecule has 2 aliphatic heterocycles. The number of hydrogen-bond acceptors (Lipinski definition) is 3. The Kier molecular flexibility index (Phi) is 3.59. The maximum absolute atomic E-state index is 11.6. The third-order valence-corrected chi connectivity index (χ3v) is 3.48. The minimum absolute atomic E-state index is 0.0805. The van der Waals surface area contributed by atoms with Crippen LogP contribution in [0.15, 0.2) is 0 Å². The number of rotatable bonds is 3. The molecule has 0 saturated carbocycles. The molecule has 86 valence electrons. The zero-order valence-electron chi connectivity index (χ0n) is 9.46. The van der Waals surface area contributed by atoms with Crippen LogP contribution in [0.1, 0.15) is 19.3 Å². The van der Waals surface area contributed by atoms with Gasteiger partial charge in [-0.05, 0) is 44.8 Å². The monoisotopic (exact) mass is 211 g/mol. The molecule has 0 radical (unpaired) electrons. The molecule has 0 bridgehead atoms. The Bertz CT molecular complexity index is 226. The molecule has 2 unspecified atom stereocenters. The van der Waals surface area contributed by atoms with E-state index < -0.39 is 0 Å². The highest BCUT2D eigenvalue weighted by molar-refractivity contribution is 5.83. The second-order valence-electron chi connectivity index (χ2n) is 4.72. The molecule has 2 N–H and O–H groups in total. The van der Waals surface area contributed by atoms with Gasteiger partial charge in [-0.25, -0.2) is 0 Å². The van der Waals surface area contributed by atoms with Gasteiger partial charge in [0.15, 0.2) is 0 Å². The van der Waals surface area contributed by atoms with Gasteiger partial charge < -0.3 is 15.5 Å². The SMILES string of the molecule is CN1CCC(NCC2CCCNC2)C1=O. The fourth-order valence-corrected chi connectivity index (χ4v) is 2.42. The average Bonchev–Trinajstić information content (AvgIpc) is 2.59. The summed E-state index contributed by atoms with van der Waals surface area (Å²) in [6.07, 6.45) is 3.52. The largest absolute Gasteiger partial charge is 0.344 e. The van der Waals surface area contributed by atoms with Crippen LogP contribution in [0.3, 0.4) is 0 Å². The predicted octanol–water partition coefficient (Wildman–Crippen LogP) is -0.194. The first kappa shape index (κ1) is 10.9. The van der Waals surface area contributed by atoms with Crippen molar-refractivity contribution in [3.8, 4) is 0 Å². The Balaban J connectivity index is 1.71. The van der Waals surface area contributed by atoms with Crippen LogP contribution in [0.4, 0.5) is 0 Å². The number of piperidine rings is 1. The third-order valence-electron chi connectivity index (χ3n) is 3.48. The Morgan fingerprint density at radius 1 is 1.53 bits per heavy atom. The van der Waals surface area contributed by atoms with Gasteiger partial charge in [0.25, 0.3) is 0 Å². The molecular weight excluding hydrogens is 190 g/mol. The summed E-state index contributed by atoms with van der Waals surface area (Å²) >= 11 is 0. The number of hydrogen-bond donors (Lipinski definition) is 2. The van der Waals surface area contributed by atoms with Crippen LogP contribution in [0.2, 0.25) is 0 Å². The van der Waals surface area contributed by atoms with Crippen molar-refractivity contribution in [3.05, 3.63) is 0 Å². The lowest BCUT2D eigenvalue weighted by atomic mass is 9.99. The Morgan fingerprint density at radius 3 is 3.00 bits per heavy atom. The molecule has 0 aromatic carbocycles. The molecule has 1 amide bonds. The van der Waals surface area contributed by atoms with Crippen LogP contribution in [-0.2, 0) is 4.79 Å². The van der Waals surface area contributed by atoms with Crippen molar-refractivity contribution >= 4 is 5.91 Å². The number of nitrogens with zero attached hydrogens (tertiary/aromatic N) is 1. The summed E-state index contributed by atoms with van der Waals surface area (Å²) in [4.78, 5) is 13.4. The smallest absolute Gasteiger partial charge is 0.239 e. The number of likely N-dealkylation sites (tertiary alicyclic amines) is 1. The van der Waals surface area contributed by atoms with Gasteiger partial charge in [-0.1, -0.05) is 0 Å². The van der Waals surface area contributed by atoms with E-state index in [1.165, 1.54) is 12.8 Å². The molecular formula is C11H21N3O. The third kappa shape index (κ3) is 2.69. The highest BCUT2D eigenvalue weighted by Crippen LogP contribution is 2.12. The second-order valence-corrected chi connectivity index (χ2v) is 4.72. The maximum Gasteiger partial charge on any atom is 0.239 e. The first-order valence-electron chi connectivity index (χ1n) is 5.96. The average molecular weight is 211 g/mol. The van der Waals surface area contributed by atoms with Crippen LogP contribution >= 0.6 is 0 Å². The molecule has 2 fully saturated rings. The van der Waals surface area contributed by atoms with Gasteiger partial charge in [-0.2, -0.15) is 0 Å². The lowest BCUT2D eigenvalue weighted by Gasteiger charge is -2.24. The number of nitrogens with one attached hydrogen (secondary N) is 2. The molecule has 0 spiro atoms. The number of likely N-dealkylation sites (N-methyl/N-ethyl adjacent to an activating group) is 1. The molecule has 2 rings (SSSR count). The van der Waals surface area contributed by atoms with Crippen molar-refractivity contribution in [2.24, 2.45) is 5.92 Å². The van der Waals surface area contributed by atoms with Gasteiger partial charge in [0.2, 0.25) is 5.91 Å². The quantitative estimate of drug-likeness (QED) is 0.680. The van der Waals surface area contributed by atoms with Gasteiger partial charge >= 0.3 is 0 Å². The van der Waals surface area contributed by atoms with E-state index in [1.54, 1.807) is 0 Å². The van der Waals surface area contributed by atoms with Crippen molar-refractivity contribution < 1.29 is 4.79 Å². The van der Waals surface area contributed by atoms with Crippen molar-refractivity contribution in [2.45, 2.75) is 25.3 Å². The maximum atomic E-state index is 11.6. The second kappa shape index (κ2) is 4.94. The summed E-state index contributed by atoms with van der Waals surface area (Å²) in [5.41, 5.74) is 0. The fourth-order valence-electron chi connectivity index (χ4n) is 2.42. The normalized spacial score (nSPS) is 32.3. The molecule has 0 aromatic heterocycles. The minimum atomic E-state index is 0.0805. The highest BCUT2D eigenvalue weighted by atomic mass is 16.2. The van der Waals surface area contributed by atoms with Gasteiger partial charge in [-0.15, -0.1) is 0 Å². The molecule has 0 aromatic rings. The van der Waals surface area contributed by atoms with Gasteiger partial charge in [0.05, 0.1) is 6.04 Å². The van der Waals surface area contributed by atoms with Crippen molar-refractivity contribution in [2.75, 3.05) is 33.2 Å². The van der Waals surface area contributed by atoms with Crippen LogP contribution in [0.5, 0.6) is 0 Å².